The van der Waals surface area contributed by atoms with E-state index in [0.29, 0.717) is 25.9 Å². The lowest BCUT2D eigenvalue weighted by Gasteiger charge is -2.23. The summed E-state index contributed by atoms with van der Waals surface area (Å²) in [6, 6.07) is 0. The van der Waals surface area contributed by atoms with E-state index >= 15 is 0 Å². The minimum Gasteiger partial charge on any atom is -0.359 e. The maximum Gasteiger partial charge on any atom is 0.332 e. The highest BCUT2D eigenvalue weighted by Crippen LogP contribution is 2.47. The first-order chi connectivity index (χ1) is 11.1. The fourth-order valence-corrected chi connectivity index (χ4v) is 4.33. The van der Waals surface area contributed by atoms with Crippen LogP contribution in [0.4, 0.5) is 0 Å². The average Bonchev–Trinajstić information content (AvgIpc) is 2.97. The van der Waals surface area contributed by atoms with E-state index < -0.39 is 7.60 Å². The fourth-order valence-electron chi connectivity index (χ4n) is 2.71. The maximum absolute atomic E-state index is 12.4. The summed E-state index contributed by atoms with van der Waals surface area (Å²) in [4.78, 5) is 4.51. The van der Waals surface area contributed by atoms with Gasteiger partial charge < -0.3 is 18.8 Å². The largest absolute Gasteiger partial charge is 0.359 e. The van der Waals surface area contributed by atoms with Crippen molar-refractivity contribution in [3.8, 4) is 0 Å². The molecule has 5 nitrogen and oxygen atoms in total. The van der Waals surface area contributed by atoms with Gasteiger partial charge in [-0.1, -0.05) is 39.0 Å². The third-order valence-corrected chi connectivity index (χ3v) is 6.01. The second-order valence-electron chi connectivity index (χ2n) is 6.00. The number of hydrogen-bond acceptors (Lipinski definition) is 5. The van der Waals surface area contributed by atoms with Gasteiger partial charge in [-0.05, 0) is 20.3 Å². The van der Waals surface area contributed by atoms with Crippen molar-refractivity contribution in [1.29, 1.82) is 0 Å². The molecule has 0 unspecified atom stereocenters. The summed E-state index contributed by atoms with van der Waals surface area (Å²) in [6.45, 7) is 9.50. The topological polar surface area (TPSA) is 42.0 Å². The van der Waals surface area contributed by atoms with Crippen LogP contribution < -0.4 is 0 Å². The van der Waals surface area contributed by atoms with Gasteiger partial charge in [0.25, 0.3) is 0 Å². The standard InChI is InChI=1S/C17H35N2O3P/c1-4-7-8-9-10-11-12-18-13-14-19(17-18)15-16-23(20,21-5-2)22-6-3/h13-14H,4-12,15-17H2,1-3H3. The lowest BCUT2D eigenvalue weighted by Crippen LogP contribution is -2.28. The van der Waals surface area contributed by atoms with E-state index in [4.69, 9.17) is 9.05 Å². The molecule has 0 atom stereocenters. The molecule has 0 aromatic rings. The maximum atomic E-state index is 12.4. The lowest BCUT2D eigenvalue weighted by molar-refractivity contribution is 0.213. The van der Waals surface area contributed by atoms with Gasteiger partial charge in [0.05, 0.1) is 26.0 Å². The van der Waals surface area contributed by atoms with E-state index in [0.717, 1.165) is 13.2 Å². The molecule has 0 saturated carbocycles. The zero-order valence-electron chi connectivity index (χ0n) is 15.2. The third kappa shape index (κ3) is 8.78. The molecule has 1 heterocycles. The number of nitrogens with zero attached hydrogens (tertiary/aromatic N) is 2. The molecule has 1 aliphatic heterocycles. The third-order valence-electron chi connectivity index (χ3n) is 3.96. The van der Waals surface area contributed by atoms with Crippen molar-refractivity contribution >= 4 is 7.60 Å². The van der Waals surface area contributed by atoms with Crippen LogP contribution in [-0.4, -0.2) is 48.9 Å². The molecule has 0 amide bonds. The SMILES string of the molecule is CCCCCCCCN1C=CN(CCP(=O)(OCC)OCC)C1. The fraction of sp³-hybridized carbons (Fsp3) is 0.882. The van der Waals surface area contributed by atoms with Crippen molar-refractivity contribution in [3.05, 3.63) is 12.4 Å². The summed E-state index contributed by atoms with van der Waals surface area (Å²) < 4.78 is 23.1. The van der Waals surface area contributed by atoms with Gasteiger partial charge in [0.2, 0.25) is 0 Å². The van der Waals surface area contributed by atoms with E-state index in [1.165, 1.54) is 38.5 Å². The summed E-state index contributed by atoms with van der Waals surface area (Å²) in [5.41, 5.74) is 0. The average molecular weight is 346 g/mol. The highest BCUT2D eigenvalue weighted by Gasteiger charge is 2.25. The normalized spacial score (nSPS) is 14.9. The van der Waals surface area contributed by atoms with Crippen LogP contribution >= 0.6 is 7.60 Å². The Kier molecular flexibility index (Phi) is 10.7. The Balaban J connectivity index is 2.17. The molecule has 0 spiro atoms. The van der Waals surface area contributed by atoms with Crippen molar-refractivity contribution in [3.63, 3.8) is 0 Å². The van der Waals surface area contributed by atoms with Gasteiger partial charge in [-0.25, -0.2) is 0 Å². The van der Waals surface area contributed by atoms with Crippen LogP contribution in [0.2, 0.25) is 0 Å². The predicted octanol–water partition coefficient (Wildman–Crippen LogP) is 4.66. The van der Waals surface area contributed by atoms with Crippen LogP contribution in [0.1, 0.15) is 59.3 Å². The first-order valence-electron chi connectivity index (χ1n) is 9.18. The predicted molar refractivity (Wildman–Crippen MR) is 96.5 cm³/mol. The first kappa shape index (κ1) is 20.5. The molecule has 6 heteroatoms. The van der Waals surface area contributed by atoms with Gasteiger partial charge >= 0.3 is 7.60 Å². The Morgan fingerprint density at radius 2 is 1.43 bits per heavy atom. The van der Waals surface area contributed by atoms with E-state index in [2.05, 4.69) is 29.1 Å². The van der Waals surface area contributed by atoms with Gasteiger partial charge in [-0.2, -0.15) is 0 Å². The van der Waals surface area contributed by atoms with E-state index in [9.17, 15) is 4.57 Å². The monoisotopic (exact) mass is 346 g/mol. The van der Waals surface area contributed by atoms with Crippen LogP contribution in [-0.2, 0) is 13.6 Å². The van der Waals surface area contributed by atoms with Gasteiger partial charge in [-0.3, -0.25) is 4.57 Å². The van der Waals surface area contributed by atoms with Crippen molar-refractivity contribution in [2.75, 3.05) is 39.1 Å². The highest BCUT2D eigenvalue weighted by molar-refractivity contribution is 7.53. The molecule has 0 bridgehead atoms. The van der Waals surface area contributed by atoms with Crippen LogP contribution in [0.25, 0.3) is 0 Å². The number of rotatable bonds is 14. The van der Waals surface area contributed by atoms with Gasteiger partial charge in [0, 0.05) is 25.5 Å². The molecule has 1 aliphatic rings. The zero-order valence-corrected chi connectivity index (χ0v) is 16.1. The molecule has 0 N–H and O–H groups in total. The molecule has 0 radical (unpaired) electrons. The van der Waals surface area contributed by atoms with E-state index in [1.54, 1.807) is 0 Å². The Bertz CT molecular complexity index is 367. The van der Waals surface area contributed by atoms with Gasteiger partial charge in [-0.15, -0.1) is 0 Å². The molecule has 0 fully saturated rings. The van der Waals surface area contributed by atoms with Crippen LogP contribution in [0.3, 0.4) is 0 Å². The number of unbranched alkanes of at least 4 members (excludes halogenated alkanes) is 5. The molecular weight excluding hydrogens is 311 g/mol. The molecular formula is C17H35N2O3P. The quantitative estimate of drug-likeness (QED) is 0.338. The minimum absolute atomic E-state index is 0.428. The Morgan fingerprint density at radius 1 is 0.870 bits per heavy atom. The van der Waals surface area contributed by atoms with Crippen LogP contribution in [0.5, 0.6) is 0 Å². The van der Waals surface area contributed by atoms with Gasteiger partial charge in [0.1, 0.15) is 0 Å². The molecule has 0 aliphatic carbocycles. The van der Waals surface area contributed by atoms with Crippen molar-refractivity contribution < 1.29 is 13.6 Å². The Morgan fingerprint density at radius 3 is 2.04 bits per heavy atom. The van der Waals surface area contributed by atoms with E-state index in [1.807, 2.05) is 13.8 Å². The molecule has 136 valence electrons. The molecule has 0 aromatic carbocycles. The van der Waals surface area contributed by atoms with E-state index in [-0.39, 0.29) is 0 Å². The Hall–Kier alpha value is -0.510. The minimum atomic E-state index is -2.92. The smallest absolute Gasteiger partial charge is 0.332 e. The summed E-state index contributed by atoms with van der Waals surface area (Å²) in [7, 11) is -2.92. The summed E-state index contributed by atoms with van der Waals surface area (Å²) in [6.07, 6.45) is 12.6. The number of hydrogen-bond donors (Lipinski definition) is 0. The second-order valence-corrected chi connectivity index (χ2v) is 8.19. The summed E-state index contributed by atoms with van der Waals surface area (Å²) in [5.74, 6) is 0. The highest BCUT2D eigenvalue weighted by atomic mass is 31.2. The van der Waals surface area contributed by atoms with Crippen molar-refractivity contribution in [2.45, 2.75) is 59.3 Å². The molecule has 0 saturated heterocycles. The van der Waals surface area contributed by atoms with Crippen LogP contribution in [0, 0.1) is 0 Å². The van der Waals surface area contributed by atoms with Crippen molar-refractivity contribution in [1.82, 2.24) is 9.80 Å². The summed E-state index contributed by atoms with van der Waals surface area (Å²) >= 11 is 0. The second kappa shape index (κ2) is 11.9. The molecule has 23 heavy (non-hydrogen) atoms. The summed E-state index contributed by atoms with van der Waals surface area (Å²) in [5, 5.41) is 0. The molecule has 0 aromatic heterocycles. The zero-order chi connectivity index (χ0) is 17.0. The Labute approximate surface area is 142 Å². The van der Waals surface area contributed by atoms with Gasteiger partial charge in [0.15, 0.2) is 0 Å². The lowest BCUT2D eigenvalue weighted by atomic mass is 10.1. The molecule has 1 rings (SSSR count). The van der Waals surface area contributed by atoms with Crippen LogP contribution in [0.15, 0.2) is 12.4 Å². The first-order valence-corrected chi connectivity index (χ1v) is 10.9. The van der Waals surface area contributed by atoms with Crippen molar-refractivity contribution in [2.24, 2.45) is 0 Å².